The van der Waals surface area contributed by atoms with Gasteiger partial charge >= 0.3 is 0 Å². The largest absolute Gasteiger partial charge is 0.336 e. The minimum Gasteiger partial charge on any atom is -0.336 e. The highest BCUT2D eigenvalue weighted by Crippen LogP contribution is 2.41. The quantitative estimate of drug-likeness (QED) is 0.800. The first-order valence-electron chi connectivity index (χ1n) is 9.38. The standard InChI is InChI=1S/C20H26FN3O/c1-14(2)16-6-4-15(5-7-16)12-24-11-3-10-20(21,13-24)19-22-18(23-25-19)17-8-9-17/h4-7,14,17H,3,8-13H2,1-2H3. The van der Waals surface area contributed by atoms with E-state index in [1.165, 1.54) is 11.1 Å². The smallest absolute Gasteiger partial charge is 0.265 e. The molecule has 1 saturated heterocycles. The zero-order valence-electron chi connectivity index (χ0n) is 15.0. The van der Waals surface area contributed by atoms with Crippen molar-refractivity contribution in [2.24, 2.45) is 0 Å². The zero-order valence-corrected chi connectivity index (χ0v) is 15.0. The molecule has 1 aromatic heterocycles. The molecule has 0 N–H and O–H groups in total. The van der Waals surface area contributed by atoms with Crippen molar-refractivity contribution in [3.05, 3.63) is 47.1 Å². The van der Waals surface area contributed by atoms with Gasteiger partial charge in [0.05, 0.1) is 0 Å². The summed E-state index contributed by atoms with van der Waals surface area (Å²) in [6, 6.07) is 8.66. The van der Waals surface area contributed by atoms with Crippen LogP contribution in [0.2, 0.25) is 0 Å². The lowest BCUT2D eigenvalue weighted by atomic mass is 9.94. The van der Waals surface area contributed by atoms with E-state index in [0.29, 0.717) is 30.6 Å². The van der Waals surface area contributed by atoms with Crippen LogP contribution < -0.4 is 0 Å². The lowest BCUT2D eigenvalue weighted by Gasteiger charge is -2.35. The number of halogens is 1. The van der Waals surface area contributed by atoms with Crippen LogP contribution in [0.15, 0.2) is 28.8 Å². The van der Waals surface area contributed by atoms with Crippen molar-refractivity contribution in [1.29, 1.82) is 0 Å². The molecule has 1 aliphatic heterocycles. The van der Waals surface area contributed by atoms with Crippen LogP contribution in [-0.4, -0.2) is 28.1 Å². The second-order valence-corrected chi connectivity index (χ2v) is 7.91. The maximum Gasteiger partial charge on any atom is 0.265 e. The second kappa shape index (κ2) is 6.52. The summed E-state index contributed by atoms with van der Waals surface area (Å²) in [5.74, 6) is 1.78. The van der Waals surface area contributed by atoms with E-state index < -0.39 is 5.67 Å². The van der Waals surface area contributed by atoms with Crippen LogP contribution in [0.25, 0.3) is 0 Å². The van der Waals surface area contributed by atoms with Gasteiger partial charge in [0.15, 0.2) is 5.82 Å². The van der Waals surface area contributed by atoms with E-state index >= 15 is 4.39 Å². The molecule has 1 aromatic carbocycles. The molecule has 1 atom stereocenters. The third kappa shape index (κ3) is 3.61. The number of piperidine rings is 1. The summed E-state index contributed by atoms with van der Waals surface area (Å²) < 4.78 is 20.8. The van der Waals surface area contributed by atoms with Crippen LogP contribution in [0.3, 0.4) is 0 Å². The fourth-order valence-corrected chi connectivity index (χ4v) is 3.60. The minimum atomic E-state index is -1.52. The Kier molecular flexibility index (Phi) is 4.36. The number of rotatable bonds is 5. The van der Waals surface area contributed by atoms with E-state index in [2.05, 4.69) is 53.2 Å². The lowest BCUT2D eigenvalue weighted by molar-refractivity contribution is 0.0124. The van der Waals surface area contributed by atoms with Gasteiger partial charge in [-0.25, -0.2) is 4.39 Å². The van der Waals surface area contributed by atoms with Crippen LogP contribution in [0.4, 0.5) is 4.39 Å². The zero-order chi connectivity index (χ0) is 17.4. The van der Waals surface area contributed by atoms with Crippen LogP contribution in [0, 0.1) is 0 Å². The maximum absolute atomic E-state index is 15.5. The number of alkyl halides is 1. The fraction of sp³-hybridized carbons (Fsp3) is 0.600. The molecule has 0 radical (unpaired) electrons. The molecule has 2 heterocycles. The van der Waals surface area contributed by atoms with E-state index in [-0.39, 0.29) is 5.89 Å². The van der Waals surface area contributed by atoms with Gasteiger partial charge in [-0.1, -0.05) is 43.3 Å². The number of nitrogens with zero attached hydrogens (tertiary/aromatic N) is 3. The molecular formula is C20H26FN3O. The molecule has 1 aliphatic carbocycles. The predicted octanol–water partition coefficient (Wildman–Crippen LogP) is 4.53. The fourth-order valence-electron chi connectivity index (χ4n) is 3.60. The molecule has 0 amide bonds. The highest BCUT2D eigenvalue weighted by Gasteiger charge is 2.43. The highest BCUT2D eigenvalue weighted by molar-refractivity contribution is 5.24. The molecule has 0 bridgehead atoms. The Hall–Kier alpha value is -1.75. The molecule has 134 valence electrons. The van der Waals surface area contributed by atoms with Crippen molar-refractivity contribution in [2.45, 2.75) is 63.6 Å². The Labute approximate surface area is 148 Å². The highest BCUT2D eigenvalue weighted by atomic mass is 19.1. The summed E-state index contributed by atoms with van der Waals surface area (Å²) in [7, 11) is 0. The van der Waals surface area contributed by atoms with Gasteiger partial charge in [0.25, 0.3) is 5.89 Å². The Balaban J connectivity index is 1.44. The SMILES string of the molecule is CC(C)c1ccc(CN2CCCC(F)(c3nc(C4CC4)no3)C2)cc1. The third-order valence-corrected chi connectivity index (χ3v) is 5.34. The third-order valence-electron chi connectivity index (χ3n) is 5.34. The second-order valence-electron chi connectivity index (χ2n) is 7.91. The maximum atomic E-state index is 15.5. The van der Waals surface area contributed by atoms with Crippen LogP contribution in [0.1, 0.15) is 74.2 Å². The molecule has 2 fully saturated rings. The van der Waals surface area contributed by atoms with Gasteiger partial charge in [-0.2, -0.15) is 4.98 Å². The molecule has 1 saturated carbocycles. The van der Waals surface area contributed by atoms with Crippen molar-refractivity contribution < 1.29 is 8.91 Å². The Morgan fingerprint density at radius 3 is 2.72 bits per heavy atom. The van der Waals surface area contributed by atoms with Gasteiger partial charge < -0.3 is 4.52 Å². The summed E-state index contributed by atoms with van der Waals surface area (Å²) in [6.07, 6.45) is 3.46. The van der Waals surface area contributed by atoms with Gasteiger partial charge in [-0.3, -0.25) is 4.90 Å². The molecule has 25 heavy (non-hydrogen) atoms. The Morgan fingerprint density at radius 2 is 2.04 bits per heavy atom. The van der Waals surface area contributed by atoms with Crippen LogP contribution in [0.5, 0.6) is 0 Å². The monoisotopic (exact) mass is 343 g/mol. The molecule has 4 rings (SSSR count). The Morgan fingerprint density at radius 1 is 1.28 bits per heavy atom. The number of hydrogen-bond donors (Lipinski definition) is 0. The predicted molar refractivity (Wildman–Crippen MR) is 94.1 cm³/mol. The Bertz CT molecular complexity index is 723. The molecule has 2 aromatic rings. The average Bonchev–Trinajstić information content (AvgIpc) is 3.32. The first-order valence-corrected chi connectivity index (χ1v) is 9.38. The summed E-state index contributed by atoms with van der Waals surface area (Å²) in [4.78, 5) is 6.52. The summed E-state index contributed by atoms with van der Waals surface area (Å²) in [5.41, 5.74) is 1.04. The number of likely N-dealkylation sites (tertiary alicyclic amines) is 1. The minimum absolute atomic E-state index is 0.175. The number of aromatic nitrogens is 2. The average molecular weight is 343 g/mol. The molecule has 2 aliphatic rings. The summed E-state index contributed by atoms with van der Waals surface area (Å²) in [5, 5.41) is 3.99. The number of hydrogen-bond acceptors (Lipinski definition) is 4. The molecule has 1 unspecified atom stereocenters. The van der Waals surface area contributed by atoms with E-state index in [1.54, 1.807) is 0 Å². The van der Waals surface area contributed by atoms with Gasteiger partial charge in [0, 0.05) is 19.0 Å². The van der Waals surface area contributed by atoms with Crippen molar-refractivity contribution in [2.75, 3.05) is 13.1 Å². The van der Waals surface area contributed by atoms with E-state index in [1.807, 2.05) is 0 Å². The molecule has 0 spiro atoms. The van der Waals surface area contributed by atoms with Gasteiger partial charge in [0.2, 0.25) is 5.67 Å². The summed E-state index contributed by atoms with van der Waals surface area (Å²) in [6.45, 7) is 6.37. The first-order chi connectivity index (χ1) is 12.0. The molecule has 4 nitrogen and oxygen atoms in total. The molecule has 5 heteroatoms. The van der Waals surface area contributed by atoms with E-state index in [9.17, 15) is 0 Å². The van der Waals surface area contributed by atoms with Crippen LogP contribution in [-0.2, 0) is 12.2 Å². The lowest BCUT2D eigenvalue weighted by Crippen LogP contribution is -2.43. The molecular weight excluding hydrogens is 317 g/mol. The van der Waals surface area contributed by atoms with E-state index in [4.69, 9.17) is 4.52 Å². The number of benzene rings is 1. The van der Waals surface area contributed by atoms with E-state index in [0.717, 1.165) is 32.4 Å². The van der Waals surface area contributed by atoms with Crippen LogP contribution >= 0.6 is 0 Å². The normalized spacial score (nSPS) is 24.8. The van der Waals surface area contributed by atoms with Crippen molar-refractivity contribution >= 4 is 0 Å². The van der Waals surface area contributed by atoms with Gasteiger partial charge in [0.1, 0.15) is 0 Å². The topological polar surface area (TPSA) is 42.2 Å². The van der Waals surface area contributed by atoms with Crippen molar-refractivity contribution in [1.82, 2.24) is 15.0 Å². The van der Waals surface area contributed by atoms with Crippen molar-refractivity contribution in [3.63, 3.8) is 0 Å². The van der Waals surface area contributed by atoms with Gasteiger partial charge in [-0.15, -0.1) is 0 Å². The van der Waals surface area contributed by atoms with Gasteiger partial charge in [-0.05, 0) is 49.3 Å². The van der Waals surface area contributed by atoms with Crippen molar-refractivity contribution in [3.8, 4) is 0 Å². The summed E-state index contributed by atoms with van der Waals surface area (Å²) >= 11 is 0. The first kappa shape index (κ1) is 16.7.